The molecular weight excluding hydrogens is 258 g/mol. The highest BCUT2D eigenvalue weighted by Crippen LogP contribution is 2.16. The van der Waals surface area contributed by atoms with Gasteiger partial charge in [0.05, 0.1) is 6.61 Å². The predicted molar refractivity (Wildman–Crippen MR) is 62.0 cm³/mol. The predicted octanol–water partition coefficient (Wildman–Crippen LogP) is 0.169. The van der Waals surface area contributed by atoms with Crippen LogP contribution in [0.5, 0.6) is 0 Å². The molecule has 0 bridgehead atoms. The number of aromatic nitrogens is 3. The molecule has 2 rings (SSSR count). The molecule has 0 radical (unpaired) electrons. The van der Waals surface area contributed by atoms with E-state index in [1.54, 1.807) is 6.07 Å². The molecule has 2 aromatic rings. The SMILES string of the molecule is CS(=O)(=O)Cc1nc(-c2cncc(CO)c2)no1. The van der Waals surface area contributed by atoms with Crippen LogP contribution in [0.25, 0.3) is 11.4 Å². The first-order valence-electron chi connectivity index (χ1n) is 5.03. The number of nitrogens with zero attached hydrogens (tertiary/aromatic N) is 3. The summed E-state index contributed by atoms with van der Waals surface area (Å²) in [6.07, 6.45) is 4.11. The number of pyridine rings is 1. The average Bonchev–Trinajstić information content (AvgIpc) is 2.75. The Kier molecular flexibility index (Phi) is 3.39. The van der Waals surface area contributed by atoms with Crippen molar-refractivity contribution >= 4 is 9.84 Å². The van der Waals surface area contributed by atoms with Crippen molar-refractivity contribution < 1.29 is 18.0 Å². The third kappa shape index (κ3) is 3.11. The summed E-state index contributed by atoms with van der Waals surface area (Å²) in [5, 5.41) is 12.7. The summed E-state index contributed by atoms with van der Waals surface area (Å²) >= 11 is 0. The van der Waals surface area contributed by atoms with E-state index >= 15 is 0 Å². The van der Waals surface area contributed by atoms with Crippen LogP contribution in [0.1, 0.15) is 11.5 Å². The molecule has 0 atom stereocenters. The van der Waals surface area contributed by atoms with Gasteiger partial charge in [0.15, 0.2) is 9.84 Å². The van der Waals surface area contributed by atoms with Crippen molar-refractivity contribution in [2.45, 2.75) is 12.4 Å². The molecule has 8 heteroatoms. The van der Waals surface area contributed by atoms with Gasteiger partial charge in [0, 0.05) is 24.2 Å². The minimum Gasteiger partial charge on any atom is -0.392 e. The van der Waals surface area contributed by atoms with Crippen molar-refractivity contribution in [3.05, 3.63) is 29.9 Å². The third-order valence-corrected chi connectivity index (χ3v) is 2.86. The molecule has 0 spiro atoms. The highest BCUT2D eigenvalue weighted by molar-refractivity contribution is 7.89. The van der Waals surface area contributed by atoms with Gasteiger partial charge in [0.25, 0.3) is 0 Å². The number of hydrogen-bond donors (Lipinski definition) is 1. The third-order valence-electron chi connectivity index (χ3n) is 2.09. The lowest BCUT2D eigenvalue weighted by molar-refractivity contribution is 0.281. The summed E-state index contributed by atoms with van der Waals surface area (Å²) in [5.41, 5.74) is 1.17. The topological polar surface area (TPSA) is 106 Å². The summed E-state index contributed by atoms with van der Waals surface area (Å²) in [4.78, 5) is 7.88. The minimum absolute atomic E-state index is 0.0295. The largest absolute Gasteiger partial charge is 0.392 e. The minimum atomic E-state index is -3.21. The number of aliphatic hydroxyl groups is 1. The lowest BCUT2D eigenvalue weighted by atomic mass is 10.2. The summed E-state index contributed by atoms with van der Waals surface area (Å²) in [6, 6.07) is 1.65. The molecule has 1 N–H and O–H groups in total. The molecule has 0 fully saturated rings. The van der Waals surface area contributed by atoms with Crippen molar-refractivity contribution in [1.82, 2.24) is 15.1 Å². The number of sulfone groups is 1. The monoisotopic (exact) mass is 269 g/mol. The maximum absolute atomic E-state index is 11.1. The smallest absolute Gasteiger partial charge is 0.242 e. The highest BCUT2D eigenvalue weighted by atomic mass is 32.2. The Bertz CT molecular complexity index is 651. The van der Waals surface area contributed by atoms with Crippen LogP contribution in [0.2, 0.25) is 0 Å². The second kappa shape index (κ2) is 4.83. The van der Waals surface area contributed by atoms with Crippen LogP contribution >= 0.6 is 0 Å². The Balaban J connectivity index is 2.29. The summed E-state index contributed by atoms with van der Waals surface area (Å²) in [6.45, 7) is -0.144. The first-order chi connectivity index (χ1) is 8.48. The summed E-state index contributed by atoms with van der Waals surface area (Å²) in [5.74, 6) is -0.0222. The Morgan fingerprint density at radius 2 is 2.17 bits per heavy atom. The zero-order valence-electron chi connectivity index (χ0n) is 9.57. The maximum atomic E-state index is 11.1. The fraction of sp³-hybridized carbons (Fsp3) is 0.300. The van der Waals surface area contributed by atoms with Gasteiger partial charge in [0.1, 0.15) is 5.75 Å². The first-order valence-corrected chi connectivity index (χ1v) is 7.09. The molecule has 2 aromatic heterocycles. The Hall–Kier alpha value is -1.80. The van der Waals surface area contributed by atoms with Crippen LogP contribution < -0.4 is 0 Å². The van der Waals surface area contributed by atoms with E-state index in [-0.39, 0.29) is 24.1 Å². The fourth-order valence-electron chi connectivity index (χ4n) is 1.35. The van der Waals surface area contributed by atoms with E-state index in [9.17, 15) is 8.42 Å². The second-order valence-corrected chi connectivity index (χ2v) is 5.96. The lowest BCUT2D eigenvalue weighted by Crippen LogP contribution is -2.00. The van der Waals surface area contributed by atoms with Crippen molar-refractivity contribution in [2.24, 2.45) is 0 Å². The van der Waals surface area contributed by atoms with Crippen molar-refractivity contribution in [1.29, 1.82) is 0 Å². The van der Waals surface area contributed by atoms with Crippen molar-refractivity contribution in [3.63, 3.8) is 0 Å². The molecule has 0 unspecified atom stereocenters. The lowest BCUT2D eigenvalue weighted by Gasteiger charge is -1.96. The summed E-state index contributed by atoms with van der Waals surface area (Å²) < 4.78 is 27.0. The van der Waals surface area contributed by atoms with Gasteiger partial charge in [-0.3, -0.25) is 4.98 Å². The number of hydrogen-bond acceptors (Lipinski definition) is 7. The second-order valence-electron chi connectivity index (χ2n) is 3.82. The highest BCUT2D eigenvalue weighted by Gasteiger charge is 2.14. The number of rotatable bonds is 4. The Morgan fingerprint density at radius 3 is 2.83 bits per heavy atom. The molecule has 2 heterocycles. The van der Waals surface area contributed by atoms with Gasteiger partial charge >= 0.3 is 0 Å². The Morgan fingerprint density at radius 1 is 1.39 bits per heavy atom. The van der Waals surface area contributed by atoms with Gasteiger partial charge in [-0.1, -0.05) is 5.16 Å². The molecule has 0 aliphatic carbocycles. The molecule has 0 amide bonds. The maximum Gasteiger partial charge on any atom is 0.242 e. The normalized spacial score (nSPS) is 11.7. The molecule has 0 aliphatic heterocycles. The van der Waals surface area contributed by atoms with Gasteiger partial charge in [0.2, 0.25) is 11.7 Å². The van der Waals surface area contributed by atoms with Crippen LogP contribution in [0.3, 0.4) is 0 Å². The molecule has 7 nitrogen and oxygen atoms in total. The quantitative estimate of drug-likeness (QED) is 0.843. The van der Waals surface area contributed by atoms with Gasteiger partial charge in [-0.25, -0.2) is 8.42 Å². The molecular formula is C10H11N3O4S. The fourth-order valence-corrected chi connectivity index (χ4v) is 1.92. The molecule has 96 valence electrons. The van der Waals surface area contributed by atoms with E-state index in [1.807, 2.05) is 0 Å². The van der Waals surface area contributed by atoms with Crippen molar-refractivity contribution in [3.8, 4) is 11.4 Å². The molecule has 0 saturated heterocycles. The van der Waals surface area contributed by atoms with Gasteiger partial charge in [-0.15, -0.1) is 0 Å². The summed E-state index contributed by atoms with van der Waals surface area (Å²) in [7, 11) is -3.21. The van der Waals surface area contributed by atoms with Gasteiger partial charge in [-0.2, -0.15) is 4.98 Å². The molecule has 18 heavy (non-hydrogen) atoms. The van der Waals surface area contributed by atoms with Crippen LogP contribution in [-0.4, -0.2) is 34.9 Å². The van der Waals surface area contributed by atoms with E-state index in [4.69, 9.17) is 9.63 Å². The van der Waals surface area contributed by atoms with Crippen molar-refractivity contribution in [2.75, 3.05) is 6.26 Å². The van der Waals surface area contributed by atoms with Crippen LogP contribution in [0.15, 0.2) is 23.0 Å². The van der Waals surface area contributed by atoms with E-state index in [0.29, 0.717) is 11.1 Å². The van der Waals surface area contributed by atoms with E-state index in [1.165, 1.54) is 12.4 Å². The number of aliphatic hydroxyl groups excluding tert-OH is 1. The van der Waals surface area contributed by atoms with Crippen LogP contribution in [0.4, 0.5) is 0 Å². The van der Waals surface area contributed by atoms with Gasteiger partial charge in [-0.05, 0) is 11.6 Å². The average molecular weight is 269 g/mol. The van der Waals surface area contributed by atoms with E-state index < -0.39 is 9.84 Å². The van der Waals surface area contributed by atoms with Crippen LogP contribution in [-0.2, 0) is 22.2 Å². The zero-order chi connectivity index (χ0) is 13.2. The van der Waals surface area contributed by atoms with Gasteiger partial charge < -0.3 is 9.63 Å². The zero-order valence-corrected chi connectivity index (χ0v) is 10.4. The Labute approximate surface area is 103 Å². The molecule has 0 aromatic carbocycles. The molecule has 0 saturated carbocycles. The van der Waals surface area contributed by atoms with E-state index in [0.717, 1.165) is 6.26 Å². The standard InChI is InChI=1S/C10H11N3O4S/c1-18(15,16)6-9-12-10(13-17-9)8-2-7(5-14)3-11-4-8/h2-4,14H,5-6H2,1H3. The molecule has 0 aliphatic rings. The van der Waals surface area contributed by atoms with Crippen LogP contribution in [0, 0.1) is 0 Å². The first kappa shape index (κ1) is 12.7. The van der Waals surface area contributed by atoms with E-state index in [2.05, 4.69) is 15.1 Å².